The zero-order valence-electron chi connectivity index (χ0n) is 6.92. The Bertz CT molecular complexity index is 336. The third-order valence-corrected chi connectivity index (χ3v) is 3.90. The molecule has 0 radical (unpaired) electrons. The molecule has 0 aliphatic heterocycles. The smallest absolute Gasteiger partial charge is 0.310 e. The molecule has 0 bridgehead atoms. The van der Waals surface area contributed by atoms with Crippen LogP contribution in [-0.4, -0.2) is 11.1 Å². The van der Waals surface area contributed by atoms with Gasteiger partial charge in [-0.3, -0.25) is 4.79 Å². The van der Waals surface area contributed by atoms with E-state index < -0.39 is 11.9 Å². The molecule has 0 amide bonds. The van der Waals surface area contributed by atoms with Gasteiger partial charge in [0, 0.05) is 8.95 Å². The van der Waals surface area contributed by atoms with Crippen LogP contribution < -0.4 is 0 Å². The number of benzene rings is 1. The van der Waals surface area contributed by atoms with Crippen molar-refractivity contribution in [2.45, 2.75) is 12.8 Å². The molecule has 1 unspecified atom stereocenters. The number of hydrogen-bond acceptors (Lipinski definition) is 1. The van der Waals surface area contributed by atoms with Gasteiger partial charge in [0.2, 0.25) is 0 Å². The van der Waals surface area contributed by atoms with Gasteiger partial charge in [-0.15, -0.1) is 0 Å². The summed E-state index contributed by atoms with van der Waals surface area (Å²) in [5, 5.41) is 8.81. The average molecular weight is 308 g/mol. The van der Waals surface area contributed by atoms with Crippen LogP contribution in [0.1, 0.15) is 18.4 Å². The van der Waals surface area contributed by atoms with Gasteiger partial charge in [0.05, 0.1) is 5.92 Å². The second-order valence-electron chi connectivity index (χ2n) is 2.70. The number of carboxylic acid groups (broad SMARTS) is 1. The molecule has 0 aliphatic rings. The molecule has 0 spiro atoms. The molecule has 0 heterocycles. The maximum Gasteiger partial charge on any atom is 0.310 e. The third kappa shape index (κ3) is 2.31. The molecule has 0 saturated carbocycles. The normalized spacial score (nSPS) is 12.5. The van der Waals surface area contributed by atoms with E-state index in [1.807, 2.05) is 12.1 Å². The minimum absolute atomic E-state index is 0.494. The van der Waals surface area contributed by atoms with Crippen molar-refractivity contribution in [3.05, 3.63) is 32.7 Å². The summed E-state index contributed by atoms with van der Waals surface area (Å²) in [5.41, 5.74) is 0.780. The molecule has 4 heteroatoms. The number of carbonyl (C=O) groups is 1. The largest absolute Gasteiger partial charge is 0.481 e. The van der Waals surface area contributed by atoms with Crippen molar-refractivity contribution >= 4 is 37.8 Å². The summed E-state index contributed by atoms with van der Waals surface area (Å²) in [4.78, 5) is 10.7. The molecule has 0 saturated heterocycles. The molecule has 0 fully saturated rings. The van der Waals surface area contributed by atoms with E-state index in [4.69, 9.17) is 5.11 Å². The zero-order chi connectivity index (χ0) is 10.0. The average Bonchev–Trinajstić information content (AvgIpc) is 2.08. The molecule has 2 nitrogen and oxygen atoms in total. The molecular formula is C9H8Br2O2. The van der Waals surface area contributed by atoms with Crippen molar-refractivity contribution in [1.82, 2.24) is 0 Å². The lowest BCUT2D eigenvalue weighted by atomic mass is 10.0. The van der Waals surface area contributed by atoms with Crippen LogP contribution in [-0.2, 0) is 4.79 Å². The van der Waals surface area contributed by atoms with Crippen LogP contribution in [0.3, 0.4) is 0 Å². The Labute approximate surface area is 93.2 Å². The van der Waals surface area contributed by atoms with Gasteiger partial charge in [0.25, 0.3) is 0 Å². The second kappa shape index (κ2) is 4.24. The van der Waals surface area contributed by atoms with Crippen molar-refractivity contribution in [3.63, 3.8) is 0 Å². The van der Waals surface area contributed by atoms with Crippen molar-refractivity contribution in [2.75, 3.05) is 0 Å². The maximum absolute atomic E-state index is 10.7. The Morgan fingerprint density at radius 2 is 2.08 bits per heavy atom. The highest BCUT2D eigenvalue weighted by Gasteiger charge is 2.17. The Morgan fingerprint density at radius 3 is 2.62 bits per heavy atom. The van der Waals surface area contributed by atoms with Gasteiger partial charge in [0.1, 0.15) is 0 Å². The molecular weight excluding hydrogens is 300 g/mol. The predicted molar refractivity (Wildman–Crippen MR) is 57.9 cm³/mol. The van der Waals surface area contributed by atoms with Crippen molar-refractivity contribution < 1.29 is 9.90 Å². The quantitative estimate of drug-likeness (QED) is 0.909. The highest BCUT2D eigenvalue weighted by molar-refractivity contribution is 9.13. The molecule has 1 rings (SSSR count). The van der Waals surface area contributed by atoms with Gasteiger partial charge < -0.3 is 5.11 Å². The lowest BCUT2D eigenvalue weighted by Crippen LogP contribution is -2.07. The predicted octanol–water partition coefficient (Wildman–Crippen LogP) is 3.40. The van der Waals surface area contributed by atoms with E-state index in [-0.39, 0.29) is 0 Å². The summed E-state index contributed by atoms with van der Waals surface area (Å²) in [6.07, 6.45) is 0. The molecule has 0 aromatic heterocycles. The lowest BCUT2D eigenvalue weighted by molar-refractivity contribution is -0.138. The van der Waals surface area contributed by atoms with E-state index in [1.165, 1.54) is 0 Å². The molecule has 13 heavy (non-hydrogen) atoms. The van der Waals surface area contributed by atoms with E-state index in [9.17, 15) is 4.79 Å². The monoisotopic (exact) mass is 306 g/mol. The molecule has 1 N–H and O–H groups in total. The van der Waals surface area contributed by atoms with Crippen LogP contribution in [0.5, 0.6) is 0 Å². The van der Waals surface area contributed by atoms with E-state index in [2.05, 4.69) is 31.9 Å². The van der Waals surface area contributed by atoms with Crippen molar-refractivity contribution in [2.24, 2.45) is 0 Å². The van der Waals surface area contributed by atoms with Gasteiger partial charge in [-0.25, -0.2) is 0 Å². The summed E-state index contributed by atoms with van der Waals surface area (Å²) in [6.45, 7) is 1.66. The Morgan fingerprint density at radius 1 is 1.46 bits per heavy atom. The summed E-state index contributed by atoms with van der Waals surface area (Å²) in [6, 6.07) is 5.49. The number of carboxylic acids is 1. The van der Waals surface area contributed by atoms with Crippen molar-refractivity contribution in [1.29, 1.82) is 0 Å². The number of hydrogen-bond donors (Lipinski definition) is 1. The highest BCUT2D eigenvalue weighted by atomic mass is 79.9. The fraction of sp³-hybridized carbons (Fsp3) is 0.222. The topological polar surface area (TPSA) is 37.3 Å². The number of halogens is 2. The first-order valence-electron chi connectivity index (χ1n) is 3.70. The number of aliphatic carboxylic acids is 1. The third-order valence-electron chi connectivity index (χ3n) is 1.82. The Hall–Kier alpha value is -0.350. The van der Waals surface area contributed by atoms with Crippen LogP contribution in [0.2, 0.25) is 0 Å². The Balaban J connectivity index is 3.15. The van der Waals surface area contributed by atoms with Gasteiger partial charge in [-0.2, -0.15) is 0 Å². The van der Waals surface area contributed by atoms with Crippen LogP contribution in [0.15, 0.2) is 27.1 Å². The van der Waals surface area contributed by atoms with E-state index in [0.717, 1.165) is 14.5 Å². The highest BCUT2D eigenvalue weighted by Crippen LogP contribution is 2.31. The first-order chi connectivity index (χ1) is 6.04. The zero-order valence-corrected chi connectivity index (χ0v) is 10.1. The molecule has 70 valence electrons. The van der Waals surface area contributed by atoms with Crippen LogP contribution in [0.4, 0.5) is 0 Å². The van der Waals surface area contributed by atoms with E-state index in [0.29, 0.717) is 0 Å². The first-order valence-corrected chi connectivity index (χ1v) is 5.29. The minimum atomic E-state index is -0.821. The molecule has 1 aromatic carbocycles. The summed E-state index contributed by atoms with van der Waals surface area (Å²) >= 11 is 6.66. The van der Waals surface area contributed by atoms with E-state index in [1.54, 1.807) is 13.0 Å². The lowest BCUT2D eigenvalue weighted by Gasteiger charge is -2.09. The fourth-order valence-corrected chi connectivity index (χ4v) is 1.98. The molecule has 0 aliphatic carbocycles. The first kappa shape index (κ1) is 10.7. The van der Waals surface area contributed by atoms with Crippen LogP contribution in [0, 0.1) is 0 Å². The summed E-state index contributed by atoms with van der Waals surface area (Å²) in [5.74, 6) is -1.31. The minimum Gasteiger partial charge on any atom is -0.481 e. The van der Waals surface area contributed by atoms with Gasteiger partial charge in [-0.05, 0) is 50.4 Å². The number of rotatable bonds is 2. The molecule has 1 aromatic rings. The second-order valence-corrected chi connectivity index (χ2v) is 4.35. The van der Waals surface area contributed by atoms with E-state index >= 15 is 0 Å². The van der Waals surface area contributed by atoms with Gasteiger partial charge in [0.15, 0.2) is 0 Å². The Kier molecular flexibility index (Phi) is 3.50. The van der Waals surface area contributed by atoms with Gasteiger partial charge in [-0.1, -0.05) is 12.1 Å². The van der Waals surface area contributed by atoms with Crippen LogP contribution in [0.25, 0.3) is 0 Å². The maximum atomic E-state index is 10.7. The molecule has 1 atom stereocenters. The SMILES string of the molecule is CC(C(=O)O)c1cccc(Br)c1Br. The standard InChI is InChI=1S/C9H8Br2O2/c1-5(9(12)13)6-3-2-4-7(10)8(6)11/h2-5H,1H3,(H,12,13). The van der Waals surface area contributed by atoms with Gasteiger partial charge >= 0.3 is 5.97 Å². The van der Waals surface area contributed by atoms with Crippen LogP contribution >= 0.6 is 31.9 Å². The summed E-state index contributed by atoms with van der Waals surface area (Å²) < 4.78 is 1.68. The summed E-state index contributed by atoms with van der Waals surface area (Å²) in [7, 11) is 0. The van der Waals surface area contributed by atoms with Crippen molar-refractivity contribution in [3.8, 4) is 0 Å². The fourth-order valence-electron chi connectivity index (χ4n) is 0.988.